The fraction of sp³-hybridized carbons (Fsp3) is 0.900. The van der Waals surface area contributed by atoms with Crippen LogP contribution < -0.4 is 0 Å². The number of hydrogen-bond donors (Lipinski definition) is 0. The summed E-state index contributed by atoms with van der Waals surface area (Å²) in [5, 5.41) is 0. The lowest BCUT2D eigenvalue weighted by Crippen LogP contribution is -2.45. The summed E-state index contributed by atoms with van der Waals surface area (Å²) in [6.45, 7) is 4.06. The molecule has 12 heavy (non-hydrogen) atoms. The van der Waals surface area contributed by atoms with Crippen molar-refractivity contribution in [2.75, 3.05) is 13.1 Å². The highest BCUT2D eigenvalue weighted by atomic mass is 16.1. The van der Waals surface area contributed by atoms with E-state index < -0.39 is 0 Å². The van der Waals surface area contributed by atoms with Gasteiger partial charge in [0.25, 0.3) is 0 Å². The molecule has 0 spiro atoms. The Labute approximate surface area is 73.9 Å². The van der Waals surface area contributed by atoms with Crippen LogP contribution in [0.15, 0.2) is 0 Å². The van der Waals surface area contributed by atoms with E-state index in [2.05, 4.69) is 4.90 Å². The Bertz CT molecular complexity index is 190. The molecule has 0 amide bonds. The normalized spacial score (nSPS) is 28.4. The zero-order valence-corrected chi connectivity index (χ0v) is 7.81. The molecule has 2 heteroatoms. The maximum absolute atomic E-state index is 11.4. The number of carbonyl (C=O) groups is 1. The van der Waals surface area contributed by atoms with Crippen molar-refractivity contribution in [2.45, 2.75) is 44.6 Å². The third kappa shape index (κ3) is 1.18. The smallest absolute Gasteiger partial charge is 0.150 e. The molecule has 2 aliphatic rings. The van der Waals surface area contributed by atoms with Gasteiger partial charge in [-0.3, -0.25) is 9.69 Å². The summed E-state index contributed by atoms with van der Waals surface area (Å²) < 4.78 is 0. The Morgan fingerprint density at radius 3 is 2.17 bits per heavy atom. The zero-order chi connectivity index (χ0) is 8.60. The molecule has 0 unspecified atom stereocenters. The minimum atomic E-state index is 0.0143. The number of ketones is 1. The van der Waals surface area contributed by atoms with E-state index in [0.29, 0.717) is 5.78 Å². The molecule has 1 saturated heterocycles. The first-order valence-electron chi connectivity index (χ1n) is 5.02. The third-order valence-electron chi connectivity index (χ3n) is 3.34. The van der Waals surface area contributed by atoms with Gasteiger partial charge in [-0.2, -0.15) is 0 Å². The number of hydrogen-bond acceptors (Lipinski definition) is 2. The quantitative estimate of drug-likeness (QED) is 0.622. The first-order chi connectivity index (χ1) is 5.76. The predicted octanol–water partition coefficient (Wildman–Crippen LogP) is 1.59. The average Bonchev–Trinajstić information content (AvgIpc) is 2.86. The van der Waals surface area contributed by atoms with Crippen LogP contribution in [0.1, 0.15) is 39.0 Å². The molecular weight excluding hydrogens is 150 g/mol. The second-order valence-corrected chi connectivity index (χ2v) is 4.14. The van der Waals surface area contributed by atoms with E-state index in [9.17, 15) is 4.79 Å². The minimum Gasteiger partial charge on any atom is -0.298 e. The first-order valence-corrected chi connectivity index (χ1v) is 5.02. The molecule has 1 aliphatic heterocycles. The highest BCUT2D eigenvalue weighted by molar-refractivity contribution is 5.89. The molecule has 0 aromatic rings. The van der Waals surface area contributed by atoms with Crippen LogP contribution in [0.5, 0.6) is 0 Å². The van der Waals surface area contributed by atoms with Gasteiger partial charge in [-0.15, -0.1) is 0 Å². The summed E-state index contributed by atoms with van der Waals surface area (Å²) >= 11 is 0. The number of likely N-dealkylation sites (tertiary alicyclic amines) is 1. The number of piperidine rings is 1. The summed E-state index contributed by atoms with van der Waals surface area (Å²) in [6.07, 6.45) is 6.15. The molecule has 0 N–H and O–H groups in total. The van der Waals surface area contributed by atoms with Crippen LogP contribution in [0.3, 0.4) is 0 Å². The summed E-state index contributed by atoms with van der Waals surface area (Å²) in [5.41, 5.74) is 0.0143. The van der Waals surface area contributed by atoms with Gasteiger partial charge in [-0.05, 0) is 45.7 Å². The monoisotopic (exact) mass is 167 g/mol. The Balaban J connectivity index is 2.02. The van der Waals surface area contributed by atoms with Crippen molar-refractivity contribution in [3.63, 3.8) is 0 Å². The molecule has 1 saturated carbocycles. The second kappa shape index (κ2) is 2.84. The number of Topliss-reactive ketones (excluding diaryl/α,β-unsaturated/α-hetero) is 1. The lowest BCUT2D eigenvalue weighted by atomic mass is 10.0. The van der Waals surface area contributed by atoms with Gasteiger partial charge in [0, 0.05) is 0 Å². The largest absolute Gasteiger partial charge is 0.298 e. The standard InChI is InChI=1S/C10H17NO/c1-9(12)10(5-6-10)11-7-3-2-4-8-11/h2-8H2,1H3. The van der Waals surface area contributed by atoms with Crippen LogP contribution >= 0.6 is 0 Å². The minimum absolute atomic E-state index is 0.0143. The van der Waals surface area contributed by atoms with Crippen molar-refractivity contribution in [1.29, 1.82) is 0 Å². The van der Waals surface area contributed by atoms with Crippen LogP contribution in [-0.2, 0) is 4.79 Å². The molecule has 0 atom stereocenters. The van der Waals surface area contributed by atoms with Crippen LogP contribution in [0.25, 0.3) is 0 Å². The summed E-state index contributed by atoms with van der Waals surface area (Å²) in [7, 11) is 0. The van der Waals surface area contributed by atoms with Gasteiger partial charge in [-0.1, -0.05) is 6.42 Å². The summed E-state index contributed by atoms with van der Waals surface area (Å²) in [5.74, 6) is 0.393. The lowest BCUT2D eigenvalue weighted by molar-refractivity contribution is -0.124. The fourth-order valence-corrected chi connectivity index (χ4v) is 2.33. The van der Waals surface area contributed by atoms with Gasteiger partial charge < -0.3 is 0 Å². The molecule has 0 radical (unpaired) electrons. The highest BCUT2D eigenvalue weighted by Gasteiger charge is 2.51. The van der Waals surface area contributed by atoms with E-state index in [-0.39, 0.29) is 5.54 Å². The van der Waals surface area contributed by atoms with E-state index >= 15 is 0 Å². The predicted molar refractivity (Wildman–Crippen MR) is 48.1 cm³/mol. The van der Waals surface area contributed by atoms with E-state index in [1.54, 1.807) is 6.92 Å². The Morgan fingerprint density at radius 1 is 1.17 bits per heavy atom. The topological polar surface area (TPSA) is 20.3 Å². The van der Waals surface area contributed by atoms with E-state index in [1.165, 1.54) is 19.3 Å². The van der Waals surface area contributed by atoms with E-state index in [0.717, 1.165) is 25.9 Å². The van der Waals surface area contributed by atoms with Crippen LogP contribution in [0.2, 0.25) is 0 Å². The van der Waals surface area contributed by atoms with E-state index in [4.69, 9.17) is 0 Å². The fourth-order valence-electron chi connectivity index (χ4n) is 2.33. The van der Waals surface area contributed by atoms with Crippen molar-refractivity contribution in [3.8, 4) is 0 Å². The van der Waals surface area contributed by atoms with Crippen LogP contribution in [-0.4, -0.2) is 29.3 Å². The Morgan fingerprint density at radius 2 is 1.75 bits per heavy atom. The van der Waals surface area contributed by atoms with Gasteiger partial charge >= 0.3 is 0 Å². The molecule has 2 fully saturated rings. The Kier molecular flexibility index (Phi) is 1.95. The van der Waals surface area contributed by atoms with Crippen molar-refractivity contribution in [3.05, 3.63) is 0 Å². The maximum atomic E-state index is 11.4. The molecule has 68 valence electrons. The molecular formula is C10H17NO. The molecule has 0 aromatic heterocycles. The van der Waals surface area contributed by atoms with Crippen molar-refractivity contribution >= 4 is 5.78 Å². The van der Waals surface area contributed by atoms with Gasteiger partial charge in [0.2, 0.25) is 0 Å². The summed E-state index contributed by atoms with van der Waals surface area (Å²) in [4.78, 5) is 13.8. The average molecular weight is 167 g/mol. The number of rotatable bonds is 2. The summed E-state index contributed by atoms with van der Waals surface area (Å²) in [6, 6.07) is 0. The zero-order valence-electron chi connectivity index (χ0n) is 7.81. The first kappa shape index (κ1) is 8.24. The molecule has 1 heterocycles. The van der Waals surface area contributed by atoms with Crippen LogP contribution in [0, 0.1) is 0 Å². The molecule has 2 rings (SSSR count). The molecule has 1 aliphatic carbocycles. The van der Waals surface area contributed by atoms with Gasteiger partial charge in [0.05, 0.1) is 5.54 Å². The van der Waals surface area contributed by atoms with E-state index in [1.807, 2.05) is 0 Å². The van der Waals surface area contributed by atoms with Gasteiger partial charge in [0.1, 0.15) is 5.78 Å². The Hall–Kier alpha value is -0.370. The van der Waals surface area contributed by atoms with Crippen LogP contribution in [0.4, 0.5) is 0 Å². The second-order valence-electron chi connectivity index (χ2n) is 4.14. The van der Waals surface area contributed by atoms with Gasteiger partial charge in [0.15, 0.2) is 0 Å². The van der Waals surface area contributed by atoms with Crippen molar-refractivity contribution in [1.82, 2.24) is 4.90 Å². The highest BCUT2D eigenvalue weighted by Crippen LogP contribution is 2.43. The van der Waals surface area contributed by atoms with Crippen molar-refractivity contribution in [2.24, 2.45) is 0 Å². The lowest BCUT2D eigenvalue weighted by Gasteiger charge is -2.33. The van der Waals surface area contributed by atoms with Gasteiger partial charge in [-0.25, -0.2) is 0 Å². The third-order valence-corrected chi connectivity index (χ3v) is 3.34. The van der Waals surface area contributed by atoms with Crippen molar-refractivity contribution < 1.29 is 4.79 Å². The number of carbonyl (C=O) groups excluding carboxylic acids is 1. The SMILES string of the molecule is CC(=O)C1(N2CCCCC2)CC1. The molecule has 0 aromatic carbocycles. The molecule has 0 bridgehead atoms. The maximum Gasteiger partial charge on any atom is 0.150 e. The molecule has 2 nitrogen and oxygen atoms in total. The number of nitrogens with zero attached hydrogens (tertiary/aromatic N) is 1.